The van der Waals surface area contributed by atoms with E-state index < -0.39 is 0 Å². The van der Waals surface area contributed by atoms with E-state index in [0.29, 0.717) is 5.57 Å². The molecule has 0 aromatic heterocycles. The van der Waals surface area contributed by atoms with Crippen molar-refractivity contribution in [3.05, 3.63) is 89.4 Å². The van der Waals surface area contributed by atoms with Crippen LogP contribution in [0, 0.1) is 0 Å². The molecule has 1 amide bonds. The van der Waals surface area contributed by atoms with Crippen LogP contribution < -0.4 is 5.32 Å². The Morgan fingerprint density at radius 3 is 2.27 bits per heavy atom. The fourth-order valence-electron chi connectivity index (χ4n) is 1.81. The van der Waals surface area contributed by atoms with E-state index in [0.717, 1.165) is 17.0 Å². The zero-order chi connectivity index (χ0) is 15.8. The summed E-state index contributed by atoms with van der Waals surface area (Å²) in [5.74, 6) is 0.704. The highest BCUT2D eigenvalue weighted by Gasteiger charge is 2.07. The number of carbonyl (C=O) groups excluding carboxylic acids is 1. The van der Waals surface area contributed by atoms with Gasteiger partial charge in [-0.05, 0) is 23.5 Å². The Morgan fingerprint density at radius 1 is 1.09 bits per heavy atom. The number of nitrogens with one attached hydrogen (secondary N) is 1. The van der Waals surface area contributed by atoms with Crippen LogP contribution in [0.15, 0.2) is 78.2 Å². The number of thioether (sulfide) groups is 1. The summed E-state index contributed by atoms with van der Waals surface area (Å²) < 4.78 is 0. The number of rotatable bonds is 6. The van der Waals surface area contributed by atoms with Crippen molar-refractivity contribution in [1.82, 2.24) is 5.32 Å². The largest absolute Gasteiger partial charge is 0.321 e. The summed E-state index contributed by atoms with van der Waals surface area (Å²) in [6, 6.07) is 20.1. The van der Waals surface area contributed by atoms with E-state index in [-0.39, 0.29) is 5.91 Å². The highest BCUT2D eigenvalue weighted by molar-refractivity contribution is 8.01. The first kappa shape index (κ1) is 16.1. The number of amides is 1. The fraction of sp³-hybridized carbons (Fsp3) is 0.105. The summed E-state index contributed by atoms with van der Waals surface area (Å²) in [7, 11) is 0. The first-order valence-corrected chi connectivity index (χ1v) is 8.09. The van der Waals surface area contributed by atoms with Gasteiger partial charge in [0.15, 0.2) is 0 Å². The van der Waals surface area contributed by atoms with Gasteiger partial charge in [0.25, 0.3) is 5.91 Å². The second-order valence-electron chi connectivity index (χ2n) is 4.93. The van der Waals surface area contributed by atoms with Crippen molar-refractivity contribution in [3.63, 3.8) is 0 Å². The van der Waals surface area contributed by atoms with Crippen LogP contribution in [-0.2, 0) is 10.5 Å². The molecule has 0 aliphatic rings. The molecule has 22 heavy (non-hydrogen) atoms. The Bertz CT molecular complexity index is 662. The fourth-order valence-corrected chi connectivity index (χ4v) is 2.64. The standard InChI is InChI=1S/C19H19NOS/c1-15(2)19(21)20-18(17-11-7-4-8-12-17)14-22-13-16-9-5-3-6-10-16/h3-12,14H,1,13H2,2H3,(H,20,21)/b18-14-. The second kappa shape index (κ2) is 8.25. The van der Waals surface area contributed by atoms with Crippen LogP contribution in [0.3, 0.4) is 0 Å². The quantitative estimate of drug-likeness (QED) is 0.789. The van der Waals surface area contributed by atoms with Crippen molar-refractivity contribution in [2.24, 2.45) is 0 Å². The highest BCUT2D eigenvalue weighted by Crippen LogP contribution is 2.20. The molecule has 2 rings (SSSR count). The van der Waals surface area contributed by atoms with E-state index in [1.165, 1.54) is 5.56 Å². The van der Waals surface area contributed by atoms with Gasteiger partial charge in [0.2, 0.25) is 0 Å². The van der Waals surface area contributed by atoms with Crippen molar-refractivity contribution in [2.75, 3.05) is 0 Å². The average Bonchev–Trinajstić information content (AvgIpc) is 2.55. The van der Waals surface area contributed by atoms with Crippen molar-refractivity contribution in [2.45, 2.75) is 12.7 Å². The van der Waals surface area contributed by atoms with Gasteiger partial charge in [0, 0.05) is 11.3 Å². The molecule has 0 heterocycles. The zero-order valence-electron chi connectivity index (χ0n) is 12.6. The van der Waals surface area contributed by atoms with Crippen LogP contribution in [0.2, 0.25) is 0 Å². The minimum atomic E-state index is -0.157. The Kier molecular flexibility index (Phi) is 6.04. The molecule has 0 spiro atoms. The lowest BCUT2D eigenvalue weighted by Gasteiger charge is -2.10. The minimum absolute atomic E-state index is 0.157. The molecule has 0 fully saturated rings. The molecule has 3 heteroatoms. The molecular weight excluding hydrogens is 290 g/mol. The van der Waals surface area contributed by atoms with Crippen molar-refractivity contribution in [3.8, 4) is 0 Å². The van der Waals surface area contributed by atoms with E-state index in [4.69, 9.17) is 0 Å². The van der Waals surface area contributed by atoms with E-state index >= 15 is 0 Å². The maximum absolute atomic E-state index is 11.9. The summed E-state index contributed by atoms with van der Waals surface area (Å²) >= 11 is 1.66. The molecule has 0 saturated carbocycles. The maximum Gasteiger partial charge on any atom is 0.250 e. The molecule has 0 bridgehead atoms. The van der Waals surface area contributed by atoms with Gasteiger partial charge in [-0.15, -0.1) is 11.8 Å². The number of benzene rings is 2. The van der Waals surface area contributed by atoms with Gasteiger partial charge in [-0.3, -0.25) is 4.79 Å². The molecular formula is C19H19NOS. The van der Waals surface area contributed by atoms with E-state index in [1.807, 2.05) is 53.9 Å². The molecule has 2 aromatic rings. The second-order valence-corrected chi connectivity index (χ2v) is 5.79. The van der Waals surface area contributed by atoms with Gasteiger partial charge < -0.3 is 5.32 Å². The van der Waals surface area contributed by atoms with E-state index in [1.54, 1.807) is 18.7 Å². The Balaban J connectivity index is 2.11. The topological polar surface area (TPSA) is 29.1 Å². The molecule has 0 aliphatic carbocycles. The van der Waals surface area contributed by atoms with E-state index in [9.17, 15) is 4.79 Å². The third-order valence-electron chi connectivity index (χ3n) is 3.01. The zero-order valence-corrected chi connectivity index (χ0v) is 13.4. The normalized spacial score (nSPS) is 11.0. The maximum atomic E-state index is 11.9. The SMILES string of the molecule is C=C(C)C(=O)N/C(=C\SCc1ccccc1)c1ccccc1. The summed E-state index contributed by atoms with van der Waals surface area (Å²) in [4.78, 5) is 11.9. The third-order valence-corrected chi connectivity index (χ3v) is 3.92. The summed E-state index contributed by atoms with van der Waals surface area (Å²) in [6.07, 6.45) is 0. The monoisotopic (exact) mass is 309 g/mol. The van der Waals surface area contributed by atoms with Crippen LogP contribution >= 0.6 is 11.8 Å². The van der Waals surface area contributed by atoms with Crippen LogP contribution in [0.5, 0.6) is 0 Å². The number of hydrogen-bond donors (Lipinski definition) is 1. The van der Waals surface area contributed by atoms with Gasteiger partial charge in [-0.1, -0.05) is 67.2 Å². The molecule has 0 aliphatic heterocycles. The smallest absolute Gasteiger partial charge is 0.250 e. The van der Waals surface area contributed by atoms with Crippen molar-refractivity contribution < 1.29 is 4.79 Å². The lowest BCUT2D eigenvalue weighted by Crippen LogP contribution is -2.22. The van der Waals surface area contributed by atoms with Gasteiger partial charge in [-0.2, -0.15) is 0 Å². The first-order chi connectivity index (χ1) is 10.7. The predicted octanol–water partition coefficient (Wildman–Crippen LogP) is 4.61. The Morgan fingerprint density at radius 2 is 1.68 bits per heavy atom. The van der Waals surface area contributed by atoms with Gasteiger partial charge in [0.1, 0.15) is 0 Å². The van der Waals surface area contributed by atoms with Gasteiger partial charge in [-0.25, -0.2) is 0 Å². The molecule has 2 aromatic carbocycles. The lowest BCUT2D eigenvalue weighted by molar-refractivity contribution is -0.116. The first-order valence-electron chi connectivity index (χ1n) is 7.05. The summed E-state index contributed by atoms with van der Waals surface area (Å²) in [6.45, 7) is 5.39. The molecule has 112 valence electrons. The molecule has 2 nitrogen and oxygen atoms in total. The molecule has 0 atom stereocenters. The molecule has 0 saturated heterocycles. The van der Waals surface area contributed by atoms with Crippen molar-refractivity contribution in [1.29, 1.82) is 0 Å². The van der Waals surface area contributed by atoms with Crippen LogP contribution in [0.25, 0.3) is 5.70 Å². The molecule has 0 radical (unpaired) electrons. The highest BCUT2D eigenvalue weighted by atomic mass is 32.2. The number of carbonyl (C=O) groups is 1. The predicted molar refractivity (Wildman–Crippen MR) is 95.1 cm³/mol. The number of hydrogen-bond acceptors (Lipinski definition) is 2. The van der Waals surface area contributed by atoms with Gasteiger partial charge in [0.05, 0.1) is 5.70 Å². The summed E-state index contributed by atoms with van der Waals surface area (Å²) in [5, 5.41) is 4.91. The average molecular weight is 309 g/mol. The Hall–Kier alpha value is -2.26. The van der Waals surface area contributed by atoms with Crippen LogP contribution in [0.1, 0.15) is 18.1 Å². The summed E-state index contributed by atoms with van der Waals surface area (Å²) in [5.41, 5.74) is 3.53. The lowest BCUT2D eigenvalue weighted by atomic mass is 10.1. The molecule has 0 unspecified atom stereocenters. The van der Waals surface area contributed by atoms with Crippen LogP contribution in [0.4, 0.5) is 0 Å². The van der Waals surface area contributed by atoms with E-state index in [2.05, 4.69) is 24.0 Å². The van der Waals surface area contributed by atoms with Gasteiger partial charge >= 0.3 is 0 Å². The van der Waals surface area contributed by atoms with Crippen LogP contribution in [-0.4, -0.2) is 5.91 Å². The molecule has 1 N–H and O–H groups in total. The van der Waals surface area contributed by atoms with Crippen molar-refractivity contribution >= 4 is 23.4 Å². The Labute approximate surface area is 135 Å². The minimum Gasteiger partial charge on any atom is -0.321 e. The third kappa shape index (κ3) is 4.93.